The van der Waals surface area contributed by atoms with E-state index in [0.717, 1.165) is 30.1 Å². The molecule has 106 valence electrons. The number of rotatable bonds is 0. The Morgan fingerprint density at radius 3 is 2.74 bits per heavy atom. The highest BCUT2D eigenvalue weighted by atomic mass is 16.1. The van der Waals surface area contributed by atoms with Gasteiger partial charge >= 0.3 is 0 Å². The van der Waals surface area contributed by atoms with Gasteiger partial charge in [0.1, 0.15) is 5.78 Å². The van der Waals surface area contributed by atoms with Gasteiger partial charge in [0.25, 0.3) is 0 Å². The molecular weight excluding hydrogens is 232 g/mol. The van der Waals surface area contributed by atoms with Gasteiger partial charge in [0.15, 0.2) is 0 Å². The van der Waals surface area contributed by atoms with Crippen molar-refractivity contribution in [2.75, 3.05) is 0 Å². The minimum absolute atomic E-state index is 0.477. The molecule has 0 aromatic rings. The average Bonchev–Trinajstić information content (AvgIpc) is 2.80. The second-order valence-corrected chi connectivity index (χ2v) is 8.15. The largest absolute Gasteiger partial charge is 0.299 e. The lowest BCUT2D eigenvalue weighted by Gasteiger charge is -2.57. The lowest BCUT2D eigenvalue weighted by molar-refractivity contribution is -0.127. The molecule has 4 fully saturated rings. The van der Waals surface area contributed by atoms with Crippen molar-refractivity contribution in [3.05, 3.63) is 0 Å². The van der Waals surface area contributed by atoms with Crippen LogP contribution in [0.2, 0.25) is 0 Å². The van der Waals surface area contributed by atoms with Crippen LogP contribution in [0.1, 0.15) is 71.1 Å². The third-order valence-electron chi connectivity index (χ3n) is 7.66. The topological polar surface area (TPSA) is 17.1 Å². The van der Waals surface area contributed by atoms with Gasteiger partial charge in [-0.2, -0.15) is 0 Å². The third kappa shape index (κ3) is 1.69. The molecule has 0 aliphatic heterocycles. The second-order valence-electron chi connectivity index (χ2n) is 8.15. The number of hydrogen-bond acceptors (Lipinski definition) is 1. The predicted molar refractivity (Wildman–Crippen MR) is 76.7 cm³/mol. The predicted octanol–water partition coefficient (Wildman–Crippen LogP) is 4.60. The summed E-state index contributed by atoms with van der Waals surface area (Å²) >= 11 is 0. The highest BCUT2D eigenvalue weighted by Gasteiger charge is 2.55. The molecule has 0 bridgehead atoms. The van der Waals surface area contributed by atoms with Crippen LogP contribution in [0.5, 0.6) is 0 Å². The summed E-state index contributed by atoms with van der Waals surface area (Å²) in [5.74, 6) is 4.75. The first-order chi connectivity index (χ1) is 9.20. The van der Waals surface area contributed by atoms with E-state index in [0.29, 0.717) is 17.1 Å². The number of carbonyl (C=O) groups excluding carboxylic acids is 1. The molecule has 4 aliphatic carbocycles. The molecule has 0 aromatic carbocycles. The summed E-state index contributed by atoms with van der Waals surface area (Å²) in [6.07, 6.45) is 13.5. The summed E-state index contributed by atoms with van der Waals surface area (Å²) in [6.45, 7) is 2.62. The maximum Gasteiger partial charge on any atom is 0.136 e. The number of carbonyl (C=O) groups is 1. The molecule has 0 N–H and O–H groups in total. The van der Waals surface area contributed by atoms with Gasteiger partial charge in [-0.05, 0) is 74.0 Å². The molecule has 0 heterocycles. The van der Waals surface area contributed by atoms with E-state index in [1.807, 2.05) is 0 Å². The minimum Gasteiger partial charge on any atom is -0.299 e. The summed E-state index contributed by atoms with van der Waals surface area (Å²) in [5, 5.41) is 0. The van der Waals surface area contributed by atoms with E-state index < -0.39 is 0 Å². The fourth-order valence-electron chi connectivity index (χ4n) is 6.71. The number of ketones is 1. The summed E-state index contributed by atoms with van der Waals surface area (Å²) in [4.78, 5) is 12.0. The quantitative estimate of drug-likeness (QED) is 0.622. The first-order valence-electron chi connectivity index (χ1n) is 8.73. The minimum atomic E-state index is 0.477. The first kappa shape index (κ1) is 12.4. The van der Waals surface area contributed by atoms with E-state index in [4.69, 9.17) is 0 Å². The molecule has 0 aromatic heterocycles. The van der Waals surface area contributed by atoms with Crippen LogP contribution in [-0.2, 0) is 4.79 Å². The number of Topliss-reactive ketones (excluding diaryl/α,β-unsaturated/α-hetero) is 1. The van der Waals surface area contributed by atoms with Gasteiger partial charge in [-0.1, -0.05) is 19.8 Å². The standard InChI is InChI=1S/C18H28O/c1-18-11-3-2-4-12(18)5-6-14-13-8-10-17(19)15(13)7-9-16(14)18/h12-16H,2-11H2,1H3/t12?,13-,14-,15-,16-,18-/m0/s1. The lowest BCUT2D eigenvalue weighted by atomic mass is 9.47. The number of hydrogen-bond donors (Lipinski definition) is 0. The maximum absolute atomic E-state index is 12.0. The zero-order chi connectivity index (χ0) is 13.0. The Balaban J connectivity index is 1.63. The van der Waals surface area contributed by atoms with Crippen molar-refractivity contribution in [1.82, 2.24) is 0 Å². The van der Waals surface area contributed by atoms with Crippen molar-refractivity contribution in [2.45, 2.75) is 71.1 Å². The normalized spacial score (nSPS) is 53.3. The van der Waals surface area contributed by atoms with Gasteiger partial charge in [0.2, 0.25) is 0 Å². The fourth-order valence-corrected chi connectivity index (χ4v) is 6.71. The van der Waals surface area contributed by atoms with Crippen molar-refractivity contribution >= 4 is 5.78 Å². The van der Waals surface area contributed by atoms with Crippen molar-refractivity contribution in [3.63, 3.8) is 0 Å². The van der Waals surface area contributed by atoms with E-state index in [1.165, 1.54) is 57.8 Å². The zero-order valence-corrected chi connectivity index (χ0v) is 12.4. The molecule has 0 amide bonds. The average molecular weight is 260 g/mol. The maximum atomic E-state index is 12.0. The molecule has 1 nitrogen and oxygen atoms in total. The van der Waals surface area contributed by atoms with Crippen LogP contribution in [0.15, 0.2) is 0 Å². The van der Waals surface area contributed by atoms with Crippen LogP contribution >= 0.6 is 0 Å². The molecule has 1 unspecified atom stereocenters. The third-order valence-corrected chi connectivity index (χ3v) is 7.66. The highest BCUT2D eigenvalue weighted by Crippen LogP contribution is 2.62. The Kier molecular flexibility index (Phi) is 2.83. The Hall–Kier alpha value is -0.330. The van der Waals surface area contributed by atoms with Gasteiger partial charge in [0.05, 0.1) is 0 Å². The molecule has 0 saturated heterocycles. The summed E-state index contributed by atoms with van der Waals surface area (Å²) < 4.78 is 0. The van der Waals surface area contributed by atoms with Gasteiger partial charge in [-0.3, -0.25) is 4.79 Å². The summed E-state index contributed by atoms with van der Waals surface area (Å²) in [6, 6.07) is 0. The van der Waals surface area contributed by atoms with Crippen LogP contribution in [0.3, 0.4) is 0 Å². The lowest BCUT2D eigenvalue weighted by Crippen LogP contribution is -2.50. The van der Waals surface area contributed by atoms with Crippen molar-refractivity contribution in [3.8, 4) is 0 Å². The Morgan fingerprint density at radius 2 is 1.84 bits per heavy atom. The van der Waals surface area contributed by atoms with Crippen LogP contribution < -0.4 is 0 Å². The summed E-state index contributed by atoms with van der Waals surface area (Å²) in [5.41, 5.74) is 0.637. The molecular formula is C18H28O. The molecule has 4 rings (SSSR count). The van der Waals surface area contributed by atoms with Crippen LogP contribution in [0.4, 0.5) is 0 Å². The van der Waals surface area contributed by atoms with E-state index in [1.54, 1.807) is 0 Å². The van der Waals surface area contributed by atoms with E-state index >= 15 is 0 Å². The van der Waals surface area contributed by atoms with E-state index in [9.17, 15) is 4.79 Å². The van der Waals surface area contributed by atoms with Crippen LogP contribution in [0, 0.1) is 35.0 Å². The second kappa shape index (κ2) is 4.33. The van der Waals surface area contributed by atoms with E-state index in [2.05, 4.69) is 6.92 Å². The molecule has 0 radical (unpaired) electrons. The Morgan fingerprint density at radius 1 is 0.947 bits per heavy atom. The number of fused-ring (bicyclic) bond motifs is 5. The monoisotopic (exact) mass is 260 g/mol. The Labute approximate surface area is 117 Å². The molecule has 1 heteroatoms. The van der Waals surface area contributed by atoms with Gasteiger partial charge < -0.3 is 0 Å². The van der Waals surface area contributed by atoms with Crippen molar-refractivity contribution < 1.29 is 4.79 Å². The molecule has 4 aliphatic rings. The zero-order valence-electron chi connectivity index (χ0n) is 12.4. The molecule has 19 heavy (non-hydrogen) atoms. The molecule has 0 spiro atoms. The van der Waals surface area contributed by atoms with Crippen LogP contribution in [-0.4, -0.2) is 5.78 Å². The molecule has 6 atom stereocenters. The fraction of sp³-hybridized carbons (Fsp3) is 0.944. The smallest absolute Gasteiger partial charge is 0.136 e. The van der Waals surface area contributed by atoms with Gasteiger partial charge in [-0.15, -0.1) is 0 Å². The highest BCUT2D eigenvalue weighted by molar-refractivity contribution is 5.83. The Bertz CT molecular complexity index is 387. The van der Waals surface area contributed by atoms with Crippen LogP contribution in [0.25, 0.3) is 0 Å². The summed E-state index contributed by atoms with van der Waals surface area (Å²) in [7, 11) is 0. The van der Waals surface area contributed by atoms with Gasteiger partial charge in [0, 0.05) is 12.3 Å². The van der Waals surface area contributed by atoms with Crippen molar-refractivity contribution in [2.24, 2.45) is 35.0 Å². The first-order valence-corrected chi connectivity index (χ1v) is 8.73. The SMILES string of the molecule is C[C@]12CCCCC1CC[C@H]1[C@@H]3CCC(=O)[C@H]3CC[C@@H]12. The van der Waals surface area contributed by atoms with E-state index in [-0.39, 0.29) is 0 Å². The molecule has 4 saturated carbocycles. The van der Waals surface area contributed by atoms with Gasteiger partial charge in [-0.25, -0.2) is 0 Å². The van der Waals surface area contributed by atoms with Crippen molar-refractivity contribution in [1.29, 1.82) is 0 Å².